The molecule has 0 bridgehead atoms. The number of hydrogen-bond acceptors (Lipinski definition) is 15. The van der Waals surface area contributed by atoms with Crippen LogP contribution in [0.4, 0.5) is 0 Å². The Balaban J connectivity index is 5.42. The maximum Gasteiger partial charge on any atom is 0.472 e. The van der Waals surface area contributed by atoms with Crippen molar-refractivity contribution in [2.24, 2.45) is 0 Å². The second kappa shape index (κ2) is 72.3. The SMILES string of the molecule is CC/C=C\C/C=C\C/C=C\C/C=C\C/C=C\CCCC(=O)OCC(COP(=O)(O)OCC(O)COP(=O)(O)OCC(COC(=O)CCCCCC/C=C\C/C=C\C/C=C\C/C=C\CC)OC(=O)CCCCCCC/C=C\CCCC)OC(=O)CCCCCCC/C=C\C/C=C\CCCCC. The smallest absolute Gasteiger partial charge is 0.462 e. The average Bonchev–Trinajstić information content (AvgIpc) is 1.02. The lowest BCUT2D eigenvalue weighted by Crippen LogP contribution is -2.30. The average molecular weight is 1440 g/mol. The molecule has 0 aromatic heterocycles. The number of aliphatic hydroxyl groups excluding tert-OH is 1. The van der Waals surface area contributed by atoms with Crippen LogP contribution >= 0.6 is 15.6 Å². The van der Waals surface area contributed by atoms with E-state index >= 15 is 0 Å². The molecule has 0 aliphatic rings. The summed E-state index contributed by atoms with van der Waals surface area (Å²) in [5.74, 6) is -2.30. The fourth-order valence-electron chi connectivity index (χ4n) is 9.49. The number of hydrogen-bond donors (Lipinski definition) is 3. The van der Waals surface area contributed by atoms with Crippen molar-refractivity contribution in [2.45, 2.75) is 303 Å². The third-order valence-electron chi connectivity index (χ3n) is 15.3. The number of carbonyl (C=O) groups is 4. The molecule has 5 atom stereocenters. The van der Waals surface area contributed by atoms with Gasteiger partial charge < -0.3 is 33.8 Å². The van der Waals surface area contributed by atoms with Gasteiger partial charge in [-0.3, -0.25) is 37.3 Å². The lowest BCUT2D eigenvalue weighted by molar-refractivity contribution is -0.161. The Morgan fingerprint density at radius 1 is 0.290 bits per heavy atom. The molecule has 17 nitrogen and oxygen atoms in total. The molecule has 0 aliphatic carbocycles. The van der Waals surface area contributed by atoms with Crippen molar-refractivity contribution in [3.05, 3.63) is 146 Å². The summed E-state index contributed by atoms with van der Waals surface area (Å²) < 4.78 is 68.3. The van der Waals surface area contributed by atoms with Crippen molar-refractivity contribution < 1.29 is 80.2 Å². The van der Waals surface area contributed by atoms with E-state index in [0.717, 1.165) is 167 Å². The summed E-state index contributed by atoms with van der Waals surface area (Å²) in [6.45, 7) is 4.44. The molecule has 0 saturated heterocycles. The molecule has 100 heavy (non-hydrogen) atoms. The predicted molar refractivity (Wildman–Crippen MR) is 408 cm³/mol. The Kier molecular flexibility index (Phi) is 68.6. The van der Waals surface area contributed by atoms with Crippen molar-refractivity contribution in [1.29, 1.82) is 0 Å². The summed E-state index contributed by atoms with van der Waals surface area (Å²) in [5, 5.41) is 10.6. The second-order valence-electron chi connectivity index (χ2n) is 24.8. The second-order valence-corrected chi connectivity index (χ2v) is 27.7. The number of ether oxygens (including phenoxy) is 4. The summed E-state index contributed by atoms with van der Waals surface area (Å²) in [6.07, 6.45) is 81.3. The Hall–Kier alpha value is -5.06. The first-order chi connectivity index (χ1) is 48.7. The van der Waals surface area contributed by atoms with Crippen molar-refractivity contribution in [1.82, 2.24) is 0 Å². The summed E-state index contributed by atoms with van der Waals surface area (Å²) >= 11 is 0. The number of allylic oxidation sites excluding steroid dienone is 24. The molecule has 19 heteroatoms. The zero-order valence-electron chi connectivity index (χ0n) is 62.1. The van der Waals surface area contributed by atoms with Crippen molar-refractivity contribution in [2.75, 3.05) is 39.6 Å². The molecule has 0 saturated carbocycles. The van der Waals surface area contributed by atoms with Gasteiger partial charge in [-0.1, -0.05) is 251 Å². The summed E-state index contributed by atoms with van der Waals surface area (Å²) in [6, 6.07) is 0. The third-order valence-corrected chi connectivity index (χ3v) is 17.2. The summed E-state index contributed by atoms with van der Waals surface area (Å²) in [4.78, 5) is 72.8. The Morgan fingerprint density at radius 2 is 0.540 bits per heavy atom. The van der Waals surface area contributed by atoms with Crippen LogP contribution in [-0.4, -0.2) is 96.7 Å². The fraction of sp³-hybridized carbons (Fsp3) is 0.654. The quantitative estimate of drug-likeness (QED) is 0.0169. The number of phosphoric ester groups is 2. The molecule has 0 heterocycles. The number of rotatable bonds is 70. The number of unbranched alkanes of at least 4 members (excludes halogenated alkanes) is 20. The van der Waals surface area contributed by atoms with Crippen molar-refractivity contribution >= 4 is 39.5 Å². The maximum atomic E-state index is 13.1. The number of phosphoric acid groups is 2. The summed E-state index contributed by atoms with van der Waals surface area (Å²) in [5.41, 5.74) is 0. The molecule has 5 unspecified atom stereocenters. The van der Waals surface area contributed by atoms with Gasteiger partial charge in [0.1, 0.15) is 19.3 Å². The predicted octanol–water partition coefficient (Wildman–Crippen LogP) is 21.9. The van der Waals surface area contributed by atoms with Gasteiger partial charge in [0.2, 0.25) is 0 Å². The van der Waals surface area contributed by atoms with E-state index in [1.165, 1.54) is 32.1 Å². The van der Waals surface area contributed by atoms with Gasteiger partial charge in [-0.2, -0.15) is 0 Å². The highest BCUT2D eigenvalue weighted by Crippen LogP contribution is 2.45. The van der Waals surface area contributed by atoms with Crippen LogP contribution in [0.1, 0.15) is 285 Å². The monoisotopic (exact) mass is 1440 g/mol. The lowest BCUT2D eigenvalue weighted by atomic mass is 10.1. The molecule has 0 aromatic carbocycles. The zero-order valence-corrected chi connectivity index (χ0v) is 63.9. The fourth-order valence-corrected chi connectivity index (χ4v) is 11.1. The van der Waals surface area contributed by atoms with Gasteiger partial charge >= 0.3 is 39.5 Å². The standard InChI is InChI=1S/C81H134O17P2/c1-5-9-13-17-21-25-29-32-35-37-40-42-46-49-53-57-61-65-78(83)91-71-76(97-80(85)67-63-59-55-51-45-28-24-20-16-12-8-4)73-95-99(87,88)93-69-75(82)70-94-100(89,90)96-74-77(98-81(86)68-64-60-56-52-48-44-39-34-31-27-23-19-15-11-7-3)72-92-79(84)66-62-58-54-50-47-43-41-38-36-33-30-26-22-18-14-10-6-2/h9-10,13-14,20-27,32-36,39-43,50,54,75-77,82H,5-8,11-12,15-19,28-31,37-38,44-49,51-53,55-74H2,1-4H3,(H,87,88)(H,89,90)/b13-9-,14-10-,24-20-,25-21-,26-22-,27-23-,35-32-,36-33-,39-34-,42-40-,43-41-,54-50-. The van der Waals surface area contributed by atoms with Crippen molar-refractivity contribution in [3.63, 3.8) is 0 Å². The zero-order chi connectivity index (χ0) is 73.2. The molecule has 0 fully saturated rings. The molecule has 570 valence electrons. The lowest BCUT2D eigenvalue weighted by Gasteiger charge is -2.21. The van der Waals surface area contributed by atoms with E-state index in [2.05, 4.69) is 161 Å². The van der Waals surface area contributed by atoms with Gasteiger partial charge in [-0.15, -0.1) is 0 Å². The van der Waals surface area contributed by atoms with E-state index in [-0.39, 0.29) is 25.7 Å². The van der Waals surface area contributed by atoms with Crippen LogP contribution in [0.3, 0.4) is 0 Å². The van der Waals surface area contributed by atoms with Crippen LogP contribution in [0.2, 0.25) is 0 Å². The Morgan fingerprint density at radius 3 is 0.880 bits per heavy atom. The van der Waals surface area contributed by atoms with Gasteiger partial charge in [0.15, 0.2) is 12.2 Å². The highest BCUT2D eigenvalue weighted by molar-refractivity contribution is 7.47. The first-order valence-corrected chi connectivity index (χ1v) is 41.1. The third kappa shape index (κ3) is 71.3. The molecule has 0 rings (SSSR count). The normalized spacial score (nSPS) is 14.8. The van der Waals surface area contributed by atoms with Gasteiger partial charge in [-0.25, -0.2) is 9.13 Å². The van der Waals surface area contributed by atoms with E-state index < -0.39 is 97.5 Å². The van der Waals surface area contributed by atoms with E-state index in [1.807, 2.05) is 12.2 Å². The Bertz CT molecular complexity index is 2470. The summed E-state index contributed by atoms with van der Waals surface area (Å²) in [7, 11) is -9.98. The minimum atomic E-state index is -5.00. The minimum absolute atomic E-state index is 0.0622. The van der Waals surface area contributed by atoms with Crippen LogP contribution in [0.5, 0.6) is 0 Å². The van der Waals surface area contributed by atoms with E-state index in [4.69, 9.17) is 37.0 Å². The molecule has 0 spiro atoms. The largest absolute Gasteiger partial charge is 0.472 e. The highest BCUT2D eigenvalue weighted by atomic mass is 31.2. The van der Waals surface area contributed by atoms with Crippen LogP contribution in [-0.2, 0) is 65.4 Å². The van der Waals surface area contributed by atoms with Crippen LogP contribution < -0.4 is 0 Å². The van der Waals surface area contributed by atoms with Gasteiger partial charge in [0, 0.05) is 25.7 Å². The number of carbonyl (C=O) groups excluding carboxylic acids is 4. The van der Waals surface area contributed by atoms with Crippen LogP contribution in [0.15, 0.2) is 146 Å². The van der Waals surface area contributed by atoms with Gasteiger partial charge in [0.25, 0.3) is 0 Å². The molecule has 0 amide bonds. The molecule has 0 aromatic rings. The van der Waals surface area contributed by atoms with E-state index in [0.29, 0.717) is 32.1 Å². The number of aliphatic hydroxyl groups is 1. The first kappa shape index (κ1) is 94.9. The highest BCUT2D eigenvalue weighted by Gasteiger charge is 2.30. The van der Waals surface area contributed by atoms with Gasteiger partial charge in [0.05, 0.1) is 26.4 Å². The topological polar surface area (TPSA) is 237 Å². The molecule has 0 aliphatic heterocycles. The molecular weight excluding hydrogens is 1310 g/mol. The molecular formula is C81H134O17P2. The van der Waals surface area contributed by atoms with Crippen molar-refractivity contribution in [3.8, 4) is 0 Å². The first-order valence-electron chi connectivity index (χ1n) is 38.1. The minimum Gasteiger partial charge on any atom is -0.462 e. The van der Waals surface area contributed by atoms with Crippen LogP contribution in [0, 0.1) is 0 Å². The van der Waals surface area contributed by atoms with E-state index in [9.17, 15) is 43.2 Å². The molecule has 0 radical (unpaired) electrons. The maximum absolute atomic E-state index is 13.1. The molecule has 3 N–H and O–H groups in total. The van der Waals surface area contributed by atoms with Crippen LogP contribution in [0.25, 0.3) is 0 Å². The van der Waals surface area contributed by atoms with E-state index in [1.54, 1.807) is 0 Å². The Labute approximate surface area is 605 Å². The number of esters is 4. The van der Waals surface area contributed by atoms with Gasteiger partial charge in [-0.05, 0) is 154 Å².